The van der Waals surface area contributed by atoms with Crippen molar-refractivity contribution in [2.24, 2.45) is 0 Å². The molecule has 2 heterocycles. The van der Waals surface area contributed by atoms with Gasteiger partial charge in [-0.3, -0.25) is 0 Å². The molecule has 144 valence electrons. The zero-order chi connectivity index (χ0) is 19.9. The first-order valence-corrected chi connectivity index (χ1v) is 10.4. The van der Waals surface area contributed by atoms with Gasteiger partial charge in [0.05, 0.1) is 6.61 Å². The number of nitrogens with zero attached hydrogens (tertiary/aromatic N) is 2. The van der Waals surface area contributed by atoms with Crippen molar-refractivity contribution in [3.63, 3.8) is 0 Å². The maximum atomic E-state index is 12.1. The van der Waals surface area contributed by atoms with Crippen LogP contribution >= 0.6 is 23.1 Å². The molecule has 1 aromatic carbocycles. The van der Waals surface area contributed by atoms with Crippen molar-refractivity contribution in [2.45, 2.75) is 12.1 Å². The smallest absolute Gasteiger partial charge is 0.353 e. The van der Waals surface area contributed by atoms with Crippen molar-refractivity contribution in [3.8, 4) is 5.75 Å². The first-order chi connectivity index (χ1) is 13.6. The molecule has 0 unspecified atom stereocenters. The highest BCUT2D eigenvalue weighted by Crippen LogP contribution is 2.24. The van der Waals surface area contributed by atoms with Crippen molar-refractivity contribution in [3.05, 3.63) is 58.4 Å². The lowest BCUT2D eigenvalue weighted by Crippen LogP contribution is -2.11. The number of hydrogen-bond donors (Lipinski definition) is 1. The van der Waals surface area contributed by atoms with E-state index in [1.165, 1.54) is 29.3 Å². The number of thiophene rings is 1. The average molecular weight is 415 g/mol. The van der Waals surface area contributed by atoms with Crippen molar-refractivity contribution < 1.29 is 19.1 Å². The molecule has 0 amide bonds. The minimum absolute atomic E-state index is 0.243. The van der Waals surface area contributed by atoms with Crippen molar-refractivity contribution >= 4 is 46.5 Å². The standard InChI is InChI=1S/C19H17N3O4S2/c1-3-25-17(23)14-11-20-19(27-2)22-16(14)21-12-6-8-13(9-7-12)26-18(24)15-5-4-10-28-15/h4-11H,3H2,1-2H3,(H,20,21,22). The van der Waals surface area contributed by atoms with Gasteiger partial charge in [0.25, 0.3) is 0 Å². The number of aromatic nitrogens is 2. The summed E-state index contributed by atoms with van der Waals surface area (Å²) in [7, 11) is 0. The van der Waals surface area contributed by atoms with Crippen LogP contribution in [0.5, 0.6) is 5.75 Å². The summed E-state index contributed by atoms with van der Waals surface area (Å²) in [5, 5.41) is 5.43. The molecule has 0 saturated carbocycles. The zero-order valence-corrected chi connectivity index (χ0v) is 16.8. The molecule has 0 saturated heterocycles. The van der Waals surface area contributed by atoms with Crippen LogP contribution in [0.2, 0.25) is 0 Å². The SMILES string of the molecule is CCOC(=O)c1cnc(SC)nc1Nc1ccc(OC(=O)c2cccs2)cc1. The molecule has 0 aliphatic carbocycles. The van der Waals surface area contributed by atoms with Gasteiger partial charge >= 0.3 is 11.9 Å². The predicted octanol–water partition coefficient (Wildman–Crippen LogP) is 4.40. The van der Waals surface area contributed by atoms with E-state index in [4.69, 9.17) is 9.47 Å². The molecule has 0 spiro atoms. The lowest BCUT2D eigenvalue weighted by Gasteiger charge is -2.11. The summed E-state index contributed by atoms with van der Waals surface area (Å²) in [5.74, 6) is -0.136. The second-order valence-electron chi connectivity index (χ2n) is 5.36. The molecule has 0 aliphatic heterocycles. The average Bonchev–Trinajstić information content (AvgIpc) is 3.24. The zero-order valence-electron chi connectivity index (χ0n) is 15.2. The van der Waals surface area contributed by atoms with E-state index < -0.39 is 11.9 Å². The summed E-state index contributed by atoms with van der Waals surface area (Å²) in [6.45, 7) is 1.99. The van der Waals surface area contributed by atoms with E-state index in [1.807, 2.05) is 11.6 Å². The fourth-order valence-electron chi connectivity index (χ4n) is 2.21. The highest BCUT2D eigenvalue weighted by molar-refractivity contribution is 7.98. The van der Waals surface area contributed by atoms with E-state index in [0.29, 0.717) is 27.3 Å². The van der Waals surface area contributed by atoms with Crippen LogP contribution in [0, 0.1) is 0 Å². The maximum absolute atomic E-state index is 12.1. The van der Waals surface area contributed by atoms with E-state index >= 15 is 0 Å². The minimum atomic E-state index is -0.501. The van der Waals surface area contributed by atoms with Gasteiger partial charge in [-0.05, 0) is 48.9 Å². The molecule has 9 heteroatoms. The number of benzene rings is 1. The third-order valence-electron chi connectivity index (χ3n) is 3.49. The van der Waals surface area contributed by atoms with Gasteiger partial charge in [-0.25, -0.2) is 19.6 Å². The Bertz CT molecular complexity index is 960. The summed E-state index contributed by atoms with van der Waals surface area (Å²) in [4.78, 5) is 33.2. The Kier molecular flexibility index (Phi) is 6.62. The van der Waals surface area contributed by atoms with Crippen LogP contribution in [-0.2, 0) is 4.74 Å². The van der Waals surface area contributed by atoms with E-state index in [-0.39, 0.29) is 12.2 Å². The van der Waals surface area contributed by atoms with Gasteiger partial charge in [-0.15, -0.1) is 11.3 Å². The van der Waals surface area contributed by atoms with Crippen LogP contribution < -0.4 is 10.1 Å². The number of esters is 2. The monoisotopic (exact) mass is 415 g/mol. The number of hydrogen-bond acceptors (Lipinski definition) is 9. The second-order valence-corrected chi connectivity index (χ2v) is 7.08. The number of carbonyl (C=O) groups excluding carboxylic acids is 2. The number of rotatable bonds is 7. The lowest BCUT2D eigenvalue weighted by molar-refractivity contribution is 0.0526. The number of ether oxygens (including phenoxy) is 2. The third-order valence-corrected chi connectivity index (χ3v) is 4.91. The van der Waals surface area contributed by atoms with Crippen LogP contribution in [0.15, 0.2) is 53.1 Å². The number of thioether (sulfide) groups is 1. The van der Waals surface area contributed by atoms with Crippen molar-refractivity contribution in [2.75, 3.05) is 18.2 Å². The van der Waals surface area contributed by atoms with E-state index in [1.54, 1.807) is 43.3 Å². The fraction of sp³-hybridized carbons (Fsp3) is 0.158. The van der Waals surface area contributed by atoms with Crippen LogP contribution in [0.4, 0.5) is 11.5 Å². The van der Waals surface area contributed by atoms with Gasteiger partial charge in [-0.2, -0.15) is 0 Å². The van der Waals surface area contributed by atoms with Crippen LogP contribution in [0.3, 0.4) is 0 Å². The van der Waals surface area contributed by atoms with Crippen LogP contribution in [-0.4, -0.2) is 34.8 Å². The first-order valence-electron chi connectivity index (χ1n) is 8.31. The topological polar surface area (TPSA) is 90.4 Å². The summed E-state index contributed by atoms with van der Waals surface area (Å²) < 4.78 is 10.4. The quantitative estimate of drug-likeness (QED) is 0.263. The summed E-state index contributed by atoms with van der Waals surface area (Å²) >= 11 is 2.68. The molecule has 1 N–H and O–H groups in total. The molecule has 3 aromatic rings. The molecule has 3 rings (SSSR count). The van der Waals surface area contributed by atoms with E-state index in [9.17, 15) is 9.59 Å². The molecule has 0 aliphatic rings. The molecule has 0 bridgehead atoms. The van der Waals surface area contributed by atoms with Crippen molar-refractivity contribution in [1.29, 1.82) is 0 Å². The van der Waals surface area contributed by atoms with Gasteiger partial charge in [0.1, 0.15) is 22.0 Å². The van der Waals surface area contributed by atoms with Gasteiger partial charge in [-0.1, -0.05) is 17.8 Å². The molecule has 28 heavy (non-hydrogen) atoms. The van der Waals surface area contributed by atoms with Crippen molar-refractivity contribution in [1.82, 2.24) is 9.97 Å². The van der Waals surface area contributed by atoms with E-state index in [0.717, 1.165) is 0 Å². The van der Waals surface area contributed by atoms with Gasteiger partial charge in [0, 0.05) is 11.9 Å². The maximum Gasteiger partial charge on any atom is 0.353 e. The number of carbonyl (C=O) groups is 2. The Labute approximate surface area is 170 Å². The normalized spacial score (nSPS) is 10.4. The van der Waals surface area contributed by atoms with Gasteiger partial charge < -0.3 is 14.8 Å². The molecule has 0 fully saturated rings. The second kappa shape index (κ2) is 9.34. The molecule has 2 aromatic heterocycles. The minimum Gasteiger partial charge on any atom is -0.462 e. The van der Waals surface area contributed by atoms with Gasteiger partial charge in [0.15, 0.2) is 5.16 Å². The summed E-state index contributed by atoms with van der Waals surface area (Å²) in [6.07, 6.45) is 3.29. The summed E-state index contributed by atoms with van der Waals surface area (Å²) in [6, 6.07) is 10.3. The summed E-state index contributed by atoms with van der Waals surface area (Å²) in [5.41, 5.74) is 0.917. The third kappa shape index (κ3) is 4.87. The predicted molar refractivity (Wildman–Crippen MR) is 109 cm³/mol. The largest absolute Gasteiger partial charge is 0.462 e. The molecular formula is C19H17N3O4S2. The Hall–Kier alpha value is -2.91. The Morgan fingerprint density at radius 1 is 1.18 bits per heavy atom. The fourth-order valence-corrected chi connectivity index (χ4v) is 3.15. The number of anilines is 2. The lowest BCUT2D eigenvalue weighted by atomic mass is 10.2. The molecule has 0 atom stereocenters. The first kappa shape index (κ1) is 19.8. The van der Waals surface area contributed by atoms with Crippen LogP contribution in [0.1, 0.15) is 27.0 Å². The van der Waals surface area contributed by atoms with E-state index in [2.05, 4.69) is 15.3 Å². The molecule has 0 radical (unpaired) electrons. The Morgan fingerprint density at radius 3 is 2.61 bits per heavy atom. The highest BCUT2D eigenvalue weighted by atomic mass is 32.2. The molecular weight excluding hydrogens is 398 g/mol. The highest BCUT2D eigenvalue weighted by Gasteiger charge is 2.16. The van der Waals surface area contributed by atoms with Crippen LogP contribution in [0.25, 0.3) is 0 Å². The number of nitrogens with one attached hydrogen (secondary N) is 1. The molecule has 7 nitrogen and oxygen atoms in total. The van der Waals surface area contributed by atoms with Gasteiger partial charge in [0.2, 0.25) is 0 Å². The Balaban J connectivity index is 1.76. The Morgan fingerprint density at radius 2 is 1.96 bits per heavy atom.